The summed E-state index contributed by atoms with van der Waals surface area (Å²) < 4.78 is 0. The molecule has 2 atom stereocenters. The van der Waals surface area contributed by atoms with Crippen molar-refractivity contribution in [2.75, 3.05) is 13.2 Å². The maximum atomic E-state index is 9.64. The average Bonchev–Trinajstić information content (AvgIpc) is 2.92. The summed E-state index contributed by atoms with van der Waals surface area (Å²) in [5, 5.41) is 9.64. The van der Waals surface area contributed by atoms with Crippen molar-refractivity contribution >= 4 is 0 Å². The van der Waals surface area contributed by atoms with Crippen molar-refractivity contribution in [3.8, 4) is 0 Å². The van der Waals surface area contributed by atoms with Gasteiger partial charge >= 0.3 is 0 Å². The number of aromatic nitrogens is 1. The number of benzene rings is 1. The number of rotatable bonds is 4. The summed E-state index contributed by atoms with van der Waals surface area (Å²) in [5.41, 5.74) is 2.53. The molecular formula is C17H20N2O. The number of nitrogens with zero attached hydrogens (tertiary/aromatic N) is 2. The van der Waals surface area contributed by atoms with Crippen LogP contribution >= 0.6 is 0 Å². The van der Waals surface area contributed by atoms with Gasteiger partial charge in [-0.2, -0.15) is 0 Å². The molecule has 20 heavy (non-hydrogen) atoms. The highest BCUT2D eigenvalue weighted by Gasteiger charge is 2.34. The molecule has 3 nitrogen and oxygen atoms in total. The van der Waals surface area contributed by atoms with Crippen LogP contribution in [-0.2, 0) is 6.54 Å². The van der Waals surface area contributed by atoms with Crippen LogP contribution in [0.5, 0.6) is 0 Å². The van der Waals surface area contributed by atoms with E-state index in [0.29, 0.717) is 12.0 Å². The lowest BCUT2D eigenvalue weighted by Gasteiger charge is -2.28. The zero-order valence-electron chi connectivity index (χ0n) is 11.5. The molecule has 1 saturated heterocycles. The summed E-state index contributed by atoms with van der Waals surface area (Å²) in [6.45, 7) is 2.17. The second-order valence-electron chi connectivity index (χ2n) is 5.42. The van der Waals surface area contributed by atoms with Gasteiger partial charge in [-0.25, -0.2) is 0 Å². The maximum Gasteiger partial charge on any atom is 0.0478 e. The molecule has 1 aliphatic rings. The maximum absolute atomic E-state index is 9.64. The van der Waals surface area contributed by atoms with Gasteiger partial charge in [0, 0.05) is 37.5 Å². The third-order valence-electron chi connectivity index (χ3n) is 4.11. The fraction of sp³-hybridized carbons (Fsp3) is 0.353. The predicted octanol–water partition coefficient (Wildman–Crippen LogP) is 2.64. The molecule has 1 aromatic heterocycles. The third-order valence-corrected chi connectivity index (χ3v) is 4.11. The Balaban J connectivity index is 1.83. The van der Waals surface area contributed by atoms with E-state index in [1.165, 1.54) is 11.1 Å². The zero-order chi connectivity index (χ0) is 13.8. The molecule has 0 amide bonds. The lowest BCUT2D eigenvalue weighted by molar-refractivity contribution is 0.162. The van der Waals surface area contributed by atoms with Crippen LogP contribution in [0.2, 0.25) is 0 Å². The second kappa shape index (κ2) is 6.16. The van der Waals surface area contributed by atoms with E-state index < -0.39 is 0 Å². The Morgan fingerprint density at radius 3 is 2.70 bits per heavy atom. The molecule has 104 valence electrons. The minimum Gasteiger partial charge on any atom is -0.396 e. The molecule has 0 saturated carbocycles. The van der Waals surface area contributed by atoms with Gasteiger partial charge in [-0.05, 0) is 30.2 Å². The molecule has 0 aliphatic carbocycles. The summed E-state index contributed by atoms with van der Waals surface area (Å²) in [6, 6.07) is 14.9. The largest absolute Gasteiger partial charge is 0.396 e. The van der Waals surface area contributed by atoms with Gasteiger partial charge in [-0.15, -0.1) is 0 Å². The predicted molar refractivity (Wildman–Crippen MR) is 79.0 cm³/mol. The Kier molecular flexibility index (Phi) is 4.09. The molecule has 2 aromatic rings. The van der Waals surface area contributed by atoms with Crippen molar-refractivity contribution in [2.24, 2.45) is 5.92 Å². The van der Waals surface area contributed by atoms with E-state index in [1.807, 2.05) is 18.3 Å². The highest BCUT2D eigenvalue weighted by molar-refractivity contribution is 5.22. The van der Waals surface area contributed by atoms with Crippen LogP contribution in [0.25, 0.3) is 0 Å². The van der Waals surface area contributed by atoms with Crippen molar-refractivity contribution in [3.63, 3.8) is 0 Å². The number of aliphatic hydroxyl groups excluding tert-OH is 1. The number of hydrogen-bond acceptors (Lipinski definition) is 3. The first-order chi connectivity index (χ1) is 9.88. The van der Waals surface area contributed by atoms with E-state index in [9.17, 15) is 5.11 Å². The van der Waals surface area contributed by atoms with Gasteiger partial charge in [0.2, 0.25) is 0 Å². The van der Waals surface area contributed by atoms with Crippen molar-refractivity contribution in [1.29, 1.82) is 0 Å². The van der Waals surface area contributed by atoms with E-state index in [-0.39, 0.29) is 6.61 Å². The van der Waals surface area contributed by atoms with Gasteiger partial charge in [-0.3, -0.25) is 9.88 Å². The minimum absolute atomic E-state index is 0.253. The lowest BCUT2D eigenvalue weighted by Crippen LogP contribution is -2.26. The average molecular weight is 268 g/mol. The van der Waals surface area contributed by atoms with Gasteiger partial charge in [0.05, 0.1) is 0 Å². The van der Waals surface area contributed by atoms with Crippen LogP contribution in [0.4, 0.5) is 0 Å². The van der Waals surface area contributed by atoms with Gasteiger partial charge < -0.3 is 5.11 Å². The van der Waals surface area contributed by atoms with E-state index in [4.69, 9.17) is 0 Å². The first-order valence-corrected chi connectivity index (χ1v) is 7.17. The topological polar surface area (TPSA) is 36.4 Å². The van der Waals surface area contributed by atoms with Gasteiger partial charge in [0.1, 0.15) is 0 Å². The molecule has 3 rings (SSSR count). The Morgan fingerprint density at radius 2 is 2.00 bits per heavy atom. The van der Waals surface area contributed by atoms with Crippen LogP contribution in [0.1, 0.15) is 23.6 Å². The van der Waals surface area contributed by atoms with Crippen molar-refractivity contribution < 1.29 is 5.11 Å². The van der Waals surface area contributed by atoms with Crippen molar-refractivity contribution in [3.05, 3.63) is 66.0 Å². The fourth-order valence-electron chi connectivity index (χ4n) is 3.15. The van der Waals surface area contributed by atoms with E-state index >= 15 is 0 Å². The first-order valence-electron chi connectivity index (χ1n) is 7.17. The number of aliphatic hydroxyl groups is 1. The van der Waals surface area contributed by atoms with Gasteiger partial charge in [0.15, 0.2) is 0 Å². The summed E-state index contributed by atoms with van der Waals surface area (Å²) in [6.07, 6.45) is 4.78. The van der Waals surface area contributed by atoms with Crippen molar-refractivity contribution in [2.45, 2.75) is 19.0 Å². The summed E-state index contributed by atoms with van der Waals surface area (Å²) in [4.78, 5) is 6.64. The lowest BCUT2D eigenvalue weighted by atomic mass is 9.94. The monoisotopic (exact) mass is 268 g/mol. The smallest absolute Gasteiger partial charge is 0.0478 e. The highest BCUT2D eigenvalue weighted by Crippen LogP contribution is 2.37. The number of hydrogen-bond donors (Lipinski definition) is 1. The highest BCUT2D eigenvalue weighted by atomic mass is 16.3. The van der Waals surface area contributed by atoms with E-state index in [2.05, 4.69) is 40.2 Å². The number of pyridine rings is 1. The molecule has 2 unspecified atom stereocenters. The minimum atomic E-state index is 0.253. The molecule has 0 spiro atoms. The molecule has 1 N–H and O–H groups in total. The molecule has 0 bridgehead atoms. The number of likely N-dealkylation sites (tertiary alicyclic amines) is 1. The third kappa shape index (κ3) is 2.74. The Morgan fingerprint density at radius 1 is 1.15 bits per heavy atom. The molecule has 1 aliphatic heterocycles. The molecular weight excluding hydrogens is 248 g/mol. The molecule has 3 heteroatoms. The SMILES string of the molecule is OCC1CCN(Cc2cccnc2)C1c1ccccc1. The van der Waals surface area contributed by atoms with Gasteiger partial charge in [0.25, 0.3) is 0 Å². The van der Waals surface area contributed by atoms with E-state index in [1.54, 1.807) is 6.20 Å². The quantitative estimate of drug-likeness (QED) is 0.926. The second-order valence-corrected chi connectivity index (χ2v) is 5.42. The first kappa shape index (κ1) is 13.3. The van der Waals surface area contributed by atoms with Gasteiger partial charge in [-0.1, -0.05) is 36.4 Å². The molecule has 0 radical (unpaired) electrons. The normalized spacial score (nSPS) is 23.1. The standard InChI is InChI=1S/C17H20N2O/c20-13-16-8-10-19(12-14-5-4-9-18-11-14)17(16)15-6-2-1-3-7-15/h1-7,9,11,16-17,20H,8,10,12-13H2. The summed E-state index contributed by atoms with van der Waals surface area (Å²) in [7, 11) is 0. The van der Waals surface area contributed by atoms with Crippen LogP contribution in [0, 0.1) is 5.92 Å². The Bertz CT molecular complexity index is 529. The Labute approximate surface area is 119 Å². The molecule has 1 aromatic carbocycles. The molecule has 2 heterocycles. The van der Waals surface area contributed by atoms with Crippen LogP contribution < -0.4 is 0 Å². The van der Waals surface area contributed by atoms with Crippen LogP contribution in [-0.4, -0.2) is 28.1 Å². The molecule has 1 fully saturated rings. The Hall–Kier alpha value is -1.71. The van der Waals surface area contributed by atoms with Crippen LogP contribution in [0.15, 0.2) is 54.9 Å². The zero-order valence-corrected chi connectivity index (χ0v) is 11.5. The van der Waals surface area contributed by atoms with Crippen LogP contribution in [0.3, 0.4) is 0 Å². The van der Waals surface area contributed by atoms with Crippen molar-refractivity contribution in [1.82, 2.24) is 9.88 Å². The fourth-order valence-corrected chi connectivity index (χ4v) is 3.15. The summed E-state index contributed by atoms with van der Waals surface area (Å²) >= 11 is 0. The van der Waals surface area contributed by atoms with E-state index in [0.717, 1.165) is 19.5 Å². The summed E-state index contributed by atoms with van der Waals surface area (Å²) in [5.74, 6) is 0.328.